The van der Waals surface area contributed by atoms with Crippen LogP contribution in [0.1, 0.15) is 13.8 Å². The molecule has 0 saturated heterocycles. The van der Waals surface area contributed by atoms with Crippen LogP contribution in [-0.2, 0) is 0 Å². The normalized spacial score (nSPS) is 13.5. The fraction of sp³-hybridized carbons (Fsp3) is 0.462. The maximum absolute atomic E-state index is 11.8. The number of nitrogens with one attached hydrogen (secondary N) is 2. The van der Waals surface area contributed by atoms with Crippen molar-refractivity contribution in [3.63, 3.8) is 0 Å². The Bertz CT molecular complexity index is 440. The quantitative estimate of drug-likeness (QED) is 0.777. The molecule has 5 nitrogen and oxygen atoms in total. The van der Waals surface area contributed by atoms with Crippen LogP contribution in [0.15, 0.2) is 22.7 Å². The molecule has 1 aromatic carbocycles. The van der Waals surface area contributed by atoms with Gasteiger partial charge in [-0.25, -0.2) is 4.79 Å². The van der Waals surface area contributed by atoms with E-state index in [1.807, 2.05) is 13.8 Å². The summed E-state index contributed by atoms with van der Waals surface area (Å²) in [5.41, 5.74) is 0.626. The molecule has 2 atom stereocenters. The van der Waals surface area contributed by atoms with Crippen molar-refractivity contribution < 1.29 is 14.6 Å². The van der Waals surface area contributed by atoms with Crippen molar-refractivity contribution in [2.75, 3.05) is 19.0 Å². The number of methoxy groups -OCH3 is 1. The average molecular weight is 331 g/mol. The number of aliphatic hydroxyl groups excluding tert-OH is 1. The summed E-state index contributed by atoms with van der Waals surface area (Å²) in [4.78, 5) is 11.8. The van der Waals surface area contributed by atoms with Crippen LogP contribution in [-0.4, -0.2) is 30.9 Å². The molecule has 0 unspecified atom stereocenters. The Balaban J connectivity index is 2.66. The largest absolute Gasteiger partial charge is 0.497 e. The first-order valence-corrected chi connectivity index (χ1v) is 6.79. The molecule has 0 radical (unpaired) electrons. The van der Waals surface area contributed by atoms with Crippen molar-refractivity contribution in [3.8, 4) is 5.75 Å². The molecule has 3 N–H and O–H groups in total. The smallest absolute Gasteiger partial charge is 0.319 e. The molecule has 0 aliphatic heterocycles. The van der Waals surface area contributed by atoms with Crippen LogP contribution < -0.4 is 15.4 Å². The predicted octanol–water partition coefficient (Wildman–Crippen LogP) is 2.60. The van der Waals surface area contributed by atoms with Crippen molar-refractivity contribution in [3.05, 3.63) is 22.7 Å². The maximum Gasteiger partial charge on any atom is 0.319 e. The van der Waals surface area contributed by atoms with Gasteiger partial charge < -0.3 is 20.5 Å². The van der Waals surface area contributed by atoms with Crippen molar-refractivity contribution in [1.82, 2.24) is 5.32 Å². The van der Waals surface area contributed by atoms with Gasteiger partial charge in [0.1, 0.15) is 5.75 Å². The molecule has 19 heavy (non-hydrogen) atoms. The molecule has 0 heterocycles. The summed E-state index contributed by atoms with van der Waals surface area (Å²) in [6, 6.07) is 4.89. The van der Waals surface area contributed by atoms with E-state index >= 15 is 0 Å². The molecule has 1 rings (SSSR count). The van der Waals surface area contributed by atoms with Gasteiger partial charge in [0.2, 0.25) is 0 Å². The Kier molecular flexibility index (Phi) is 6.11. The zero-order valence-corrected chi connectivity index (χ0v) is 12.8. The third kappa shape index (κ3) is 4.72. The molecule has 0 aliphatic rings. The summed E-state index contributed by atoms with van der Waals surface area (Å²) in [7, 11) is 1.57. The average Bonchev–Trinajstić information content (AvgIpc) is 2.40. The third-order valence-corrected chi connectivity index (χ3v) is 3.61. The molecule has 0 fully saturated rings. The minimum Gasteiger partial charge on any atom is -0.497 e. The van der Waals surface area contributed by atoms with Gasteiger partial charge in [-0.2, -0.15) is 0 Å². The summed E-state index contributed by atoms with van der Waals surface area (Å²) < 4.78 is 5.87. The highest BCUT2D eigenvalue weighted by Crippen LogP contribution is 2.26. The zero-order chi connectivity index (χ0) is 14.4. The topological polar surface area (TPSA) is 70.6 Å². The molecule has 0 aliphatic carbocycles. The Morgan fingerprint density at radius 2 is 2.16 bits per heavy atom. The second kappa shape index (κ2) is 7.35. The van der Waals surface area contributed by atoms with Gasteiger partial charge in [-0.05, 0) is 40.9 Å². The van der Waals surface area contributed by atoms with E-state index in [-0.39, 0.29) is 24.6 Å². The summed E-state index contributed by atoms with van der Waals surface area (Å²) in [6.07, 6.45) is 0. The molecular weight excluding hydrogens is 312 g/mol. The highest BCUT2D eigenvalue weighted by Gasteiger charge is 2.14. The van der Waals surface area contributed by atoms with E-state index in [0.29, 0.717) is 11.4 Å². The van der Waals surface area contributed by atoms with Crippen LogP contribution in [0.25, 0.3) is 0 Å². The molecule has 0 saturated carbocycles. The first-order valence-electron chi connectivity index (χ1n) is 5.99. The molecule has 0 aromatic heterocycles. The minimum absolute atomic E-state index is 0.000463. The molecule has 0 spiro atoms. The summed E-state index contributed by atoms with van der Waals surface area (Å²) in [5, 5.41) is 14.5. The van der Waals surface area contributed by atoms with Crippen LogP contribution in [0.2, 0.25) is 0 Å². The molecular formula is C13H19BrN2O3. The van der Waals surface area contributed by atoms with Crippen molar-refractivity contribution in [2.45, 2.75) is 19.9 Å². The fourth-order valence-corrected chi connectivity index (χ4v) is 1.74. The van der Waals surface area contributed by atoms with Gasteiger partial charge in [0.15, 0.2) is 0 Å². The number of hydrogen-bond donors (Lipinski definition) is 3. The number of urea groups is 1. The van der Waals surface area contributed by atoms with Gasteiger partial charge in [-0.3, -0.25) is 0 Å². The number of benzene rings is 1. The van der Waals surface area contributed by atoms with E-state index in [9.17, 15) is 4.79 Å². The lowest BCUT2D eigenvalue weighted by Crippen LogP contribution is -2.40. The molecule has 1 aromatic rings. The highest BCUT2D eigenvalue weighted by molar-refractivity contribution is 9.10. The first kappa shape index (κ1) is 15.8. The summed E-state index contributed by atoms with van der Waals surface area (Å²) >= 11 is 3.36. The highest BCUT2D eigenvalue weighted by atomic mass is 79.9. The molecule has 2 amide bonds. The minimum atomic E-state index is -0.318. The number of aliphatic hydroxyl groups is 1. The third-order valence-electron chi connectivity index (χ3n) is 2.92. The van der Waals surface area contributed by atoms with Crippen LogP contribution in [0.4, 0.5) is 10.5 Å². The van der Waals surface area contributed by atoms with Crippen molar-refractivity contribution in [1.29, 1.82) is 0 Å². The van der Waals surface area contributed by atoms with Crippen molar-refractivity contribution in [2.24, 2.45) is 5.92 Å². The SMILES string of the molecule is COc1ccc(Br)c(NC(=O)N[C@H](C)[C@@H](C)CO)c1. The number of hydrogen-bond acceptors (Lipinski definition) is 3. The predicted molar refractivity (Wildman–Crippen MR) is 78.6 cm³/mol. The van der Waals surface area contributed by atoms with E-state index in [2.05, 4.69) is 26.6 Å². The lowest BCUT2D eigenvalue weighted by molar-refractivity contribution is 0.204. The lowest BCUT2D eigenvalue weighted by atomic mass is 10.1. The van der Waals surface area contributed by atoms with E-state index in [1.165, 1.54) is 0 Å². The van der Waals surface area contributed by atoms with Crippen LogP contribution >= 0.6 is 15.9 Å². The molecule has 6 heteroatoms. The van der Waals surface area contributed by atoms with Gasteiger partial charge in [-0.15, -0.1) is 0 Å². The standard InChI is InChI=1S/C13H19BrN2O3/c1-8(7-17)9(2)15-13(18)16-12-6-10(19-3)4-5-11(12)14/h4-6,8-9,17H,7H2,1-3H3,(H2,15,16,18)/t8-,9+/m0/s1. The van der Waals surface area contributed by atoms with E-state index in [1.54, 1.807) is 25.3 Å². The summed E-state index contributed by atoms with van der Waals surface area (Å²) in [5.74, 6) is 0.662. The van der Waals surface area contributed by atoms with Gasteiger partial charge in [0.25, 0.3) is 0 Å². The number of rotatable bonds is 5. The van der Waals surface area contributed by atoms with Crippen molar-refractivity contribution >= 4 is 27.6 Å². The molecule has 106 valence electrons. The van der Waals surface area contributed by atoms with Crippen LogP contribution in [0.3, 0.4) is 0 Å². The Morgan fingerprint density at radius 1 is 1.47 bits per heavy atom. The number of anilines is 1. The van der Waals surface area contributed by atoms with E-state index in [4.69, 9.17) is 9.84 Å². The van der Waals surface area contributed by atoms with E-state index in [0.717, 1.165) is 4.47 Å². The fourth-order valence-electron chi connectivity index (χ4n) is 1.39. The number of carbonyl (C=O) groups excluding carboxylic acids is 1. The second-order valence-electron chi connectivity index (χ2n) is 4.39. The zero-order valence-electron chi connectivity index (χ0n) is 11.2. The first-order chi connectivity index (χ1) is 8.97. The maximum atomic E-state index is 11.8. The van der Waals surface area contributed by atoms with Crippen LogP contribution in [0.5, 0.6) is 5.75 Å². The Morgan fingerprint density at radius 3 is 2.74 bits per heavy atom. The molecule has 0 bridgehead atoms. The second-order valence-corrected chi connectivity index (χ2v) is 5.25. The van der Waals surface area contributed by atoms with Gasteiger partial charge >= 0.3 is 6.03 Å². The number of ether oxygens (including phenoxy) is 1. The Hall–Kier alpha value is -1.27. The monoisotopic (exact) mass is 330 g/mol. The Labute approximate surface area is 121 Å². The number of carbonyl (C=O) groups is 1. The number of amides is 2. The van der Waals surface area contributed by atoms with Gasteiger partial charge in [0.05, 0.1) is 12.8 Å². The number of halogens is 1. The lowest BCUT2D eigenvalue weighted by Gasteiger charge is -2.20. The van der Waals surface area contributed by atoms with Gasteiger partial charge in [-0.1, -0.05) is 6.92 Å². The van der Waals surface area contributed by atoms with Crippen LogP contribution in [0, 0.1) is 5.92 Å². The summed E-state index contributed by atoms with van der Waals surface area (Å²) in [6.45, 7) is 3.75. The van der Waals surface area contributed by atoms with E-state index < -0.39 is 0 Å². The van der Waals surface area contributed by atoms with Gasteiger partial charge in [0, 0.05) is 23.2 Å².